The molecule has 0 radical (unpaired) electrons. The summed E-state index contributed by atoms with van der Waals surface area (Å²) < 4.78 is 0. The van der Waals surface area contributed by atoms with Crippen LogP contribution in [-0.4, -0.2) is 20.8 Å². The molecule has 1 aliphatic carbocycles. The molecule has 0 aromatic rings. The molecule has 1 amide bonds. The number of amides is 1. The molecular formula is C16H32BNO. The Morgan fingerprint density at radius 3 is 1.84 bits per heavy atom. The minimum Gasteiger partial charge on any atom is -0.359 e. The third-order valence-corrected chi connectivity index (χ3v) is 5.62. The highest BCUT2D eigenvalue weighted by Crippen LogP contribution is 2.43. The lowest BCUT2D eigenvalue weighted by Gasteiger charge is -2.37. The second kappa shape index (κ2) is 6.81. The molecular weight excluding hydrogens is 233 g/mol. The first kappa shape index (κ1) is 16.6. The summed E-state index contributed by atoms with van der Waals surface area (Å²) in [7, 11) is 3.91. The second-order valence-electron chi connectivity index (χ2n) is 7.36. The van der Waals surface area contributed by atoms with Gasteiger partial charge in [-0.2, -0.15) is 0 Å². The van der Waals surface area contributed by atoms with Crippen LogP contribution in [0.3, 0.4) is 0 Å². The highest BCUT2D eigenvalue weighted by molar-refractivity contribution is 6.28. The summed E-state index contributed by atoms with van der Waals surface area (Å²) in [4.78, 5) is 12.1. The van der Waals surface area contributed by atoms with Gasteiger partial charge in [-0.3, -0.25) is 4.79 Å². The minimum absolute atomic E-state index is 0.139. The van der Waals surface area contributed by atoms with Gasteiger partial charge in [0, 0.05) is 12.4 Å². The lowest BCUT2D eigenvalue weighted by Crippen LogP contribution is -2.34. The summed E-state index contributed by atoms with van der Waals surface area (Å²) in [6, 6.07) is 0. The van der Waals surface area contributed by atoms with Crippen molar-refractivity contribution in [3.05, 3.63) is 0 Å². The van der Waals surface area contributed by atoms with Gasteiger partial charge in [-0.15, -0.1) is 0 Å². The topological polar surface area (TPSA) is 29.1 Å². The first-order valence-corrected chi connectivity index (χ1v) is 8.06. The Balaban J connectivity index is 2.66. The van der Waals surface area contributed by atoms with Crippen LogP contribution in [0.1, 0.15) is 72.1 Å². The van der Waals surface area contributed by atoms with E-state index in [1.165, 1.54) is 38.5 Å². The predicted octanol–water partition coefficient (Wildman–Crippen LogP) is 3.32. The molecule has 0 heterocycles. The quantitative estimate of drug-likeness (QED) is 0.762. The maximum absolute atomic E-state index is 12.1. The fourth-order valence-corrected chi connectivity index (χ4v) is 3.44. The smallest absolute Gasteiger partial charge is 0.217 e. The standard InChI is InChI=1S/C16H32BNO/c1-13(2)15(3)9-5-7-11-16(17,14(19)18-4)12-8-6-10-15/h13H,5-12,17H2,1-4H3,(H,18,19). The molecule has 110 valence electrons. The Kier molecular flexibility index (Phi) is 5.94. The number of hydrogen-bond acceptors (Lipinski definition) is 1. The van der Waals surface area contributed by atoms with E-state index in [0.717, 1.165) is 18.8 Å². The molecule has 0 unspecified atom stereocenters. The molecule has 0 aliphatic heterocycles. The molecule has 0 aromatic carbocycles. The molecule has 0 aromatic heterocycles. The van der Waals surface area contributed by atoms with Crippen molar-refractivity contribution in [3.63, 3.8) is 0 Å². The minimum atomic E-state index is -0.139. The number of rotatable bonds is 2. The van der Waals surface area contributed by atoms with Crippen molar-refractivity contribution in [1.82, 2.24) is 5.32 Å². The Morgan fingerprint density at radius 2 is 1.47 bits per heavy atom. The van der Waals surface area contributed by atoms with Crippen LogP contribution in [0.15, 0.2) is 0 Å². The lowest BCUT2D eigenvalue weighted by molar-refractivity contribution is -0.124. The second-order valence-corrected chi connectivity index (χ2v) is 7.36. The molecule has 1 rings (SSSR count). The van der Waals surface area contributed by atoms with Gasteiger partial charge in [0.1, 0.15) is 7.85 Å². The van der Waals surface area contributed by atoms with Crippen LogP contribution < -0.4 is 5.32 Å². The summed E-state index contributed by atoms with van der Waals surface area (Å²) in [5.41, 5.74) is 0.501. The van der Waals surface area contributed by atoms with E-state index in [4.69, 9.17) is 0 Å². The first-order valence-electron chi connectivity index (χ1n) is 8.06. The van der Waals surface area contributed by atoms with Crippen LogP contribution >= 0.6 is 0 Å². The highest BCUT2D eigenvalue weighted by atomic mass is 16.2. The predicted molar refractivity (Wildman–Crippen MR) is 85.2 cm³/mol. The third-order valence-electron chi connectivity index (χ3n) is 5.62. The van der Waals surface area contributed by atoms with Crippen LogP contribution in [0.25, 0.3) is 0 Å². The van der Waals surface area contributed by atoms with Crippen LogP contribution in [0.4, 0.5) is 0 Å². The maximum atomic E-state index is 12.1. The third kappa shape index (κ3) is 4.26. The van der Waals surface area contributed by atoms with Crippen molar-refractivity contribution in [2.45, 2.75) is 77.5 Å². The molecule has 1 aliphatic rings. The lowest BCUT2D eigenvalue weighted by atomic mass is 9.60. The highest BCUT2D eigenvalue weighted by Gasteiger charge is 2.34. The van der Waals surface area contributed by atoms with Crippen LogP contribution in [0.2, 0.25) is 5.31 Å². The molecule has 0 saturated heterocycles. The van der Waals surface area contributed by atoms with Gasteiger partial charge in [-0.1, -0.05) is 46.5 Å². The maximum Gasteiger partial charge on any atom is 0.217 e. The molecule has 19 heavy (non-hydrogen) atoms. The fourth-order valence-electron chi connectivity index (χ4n) is 3.44. The number of nitrogens with one attached hydrogen (secondary N) is 1. The summed E-state index contributed by atoms with van der Waals surface area (Å²) in [6.07, 6.45) is 9.62. The van der Waals surface area contributed by atoms with Crippen molar-refractivity contribution >= 4 is 13.8 Å². The molecule has 1 N–H and O–H groups in total. The van der Waals surface area contributed by atoms with Crippen molar-refractivity contribution in [2.24, 2.45) is 11.3 Å². The first-order chi connectivity index (χ1) is 8.84. The van der Waals surface area contributed by atoms with Gasteiger partial charge in [0.2, 0.25) is 5.91 Å². The molecule has 0 spiro atoms. The van der Waals surface area contributed by atoms with Crippen molar-refractivity contribution < 1.29 is 4.79 Å². The monoisotopic (exact) mass is 265 g/mol. The van der Waals surface area contributed by atoms with Gasteiger partial charge in [0.05, 0.1) is 0 Å². The van der Waals surface area contributed by atoms with Gasteiger partial charge < -0.3 is 5.32 Å². The Labute approximate surface area is 120 Å². The van der Waals surface area contributed by atoms with Gasteiger partial charge in [-0.25, -0.2) is 0 Å². The average molecular weight is 265 g/mol. The Bertz CT molecular complexity index is 289. The largest absolute Gasteiger partial charge is 0.359 e. The summed E-state index contributed by atoms with van der Waals surface area (Å²) >= 11 is 0. The zero-order chi connectivity index (χ0) is 14.5. The van der Waals surface area contributed by atoms with Crippen molar-refractivity contribution in [3.8, 4) is 0 Å². The van der Waals surface area contributed by atoms with Gasteiger partial charge >= 0.3 is 0 Å². The van der Waals surface area contributed by atoms with Crippen LogP contribution in [0, 0.1) is 11.3 Å². The molecule has 1 saturated carbocycles. The SMILES string of the molecule is BC1(C(=O)NC)CCCCC(C)(C(C)C)CCCC1. The van der Waals surface area contributed by atoms with Crippen LogP contribution in [-0.2, 0) is 4.79 Å². The van der Waals surface area contributed by atoms with Gasteiger partial charge in [0.25, 0.3) is 0 Å². The van der Waals surface area contributed by atoms with E-state index in [0.29, 0.717) is 5.41 Å². The normalized spacial score (nSPS) is 33.9. The van der Waals surface area contributed by atoms with Gasteiger partial charge in [0.15, 0.2) is 0 Å². The molecule has 2 nitrogen and oxygen atoms in total. The number of carbonyl (C=O) groups is 1. The molecule has 0 bridgehead atoms. The van der Waals surface area contributed by atoms with Crippen molar-refractivity contribution in [2.75, 3.05) is 7.05 Å². The number of hydrogen-bond donors (Lipinski definition) is 1. The van der Waals surface area contributed by atoms with E-state index in [9.17, 15) is 4.79 Å². The summed E-state index contributed by atoms with van der Waals surface area (Å²) in [5, 5.41) is 2.72. The van der Waals surface area contributed by atoms with E-state index in [1.807, 2.05) is 0 Å². The fraction of sp³-hybridized carbons (Fsp3) is 0.938. The zero-order valence-electron chi connectivity index (χ0n) is 13.6. The van der Waals surface area contributed by atoms with Crippen LogP contribution in [0.5, 0.6) is 0 Å². The molecule has 3 heteroatoms. The number of carbonyl (C=O) groups excluding carboxylic acids is 1. The van der Waals surface area contributed by atoms with E-state index in [1.54, 1.807) is 7.05 Å². The zero-order valence-corrected chi connectivity index (χ0v) is 13.6. The Hall–Kier alpha value is -0.465. The van der Waals surface area contributed by atoms with E-state index < -0.39 is 0 Å². The van der Waals surface area contributed by atoms with E-state index in [2.05, 4.69) is 33.9 Å². The molecule has 1 fully saturated rings. The van der Waals surface area contributed by atoms with E-state index in [-0.39, 0.29) is 11.2 Å². The Morgan fingerprint density at radius 1 is 1.05 bits per heavy atom. The van der Waals surface area contributed by atoms with E-state index >= 15 is 0 Å². The van der Waals surface area contributed by atoms with Gasteiger partial charge in [-0.05, 0) is 37.0 Å². The average Bonchev–Trinajstić information content (AvgIpc) is 2.38. The van der Waals surface area contributed by atoms with Crippen molar-refractivity contribution in [1.29, 1.82) is 0 Å². The molecule has 0 atom stereocenters. The summed E-state index contributed by atoms with van der Waals surface area (Å²) in [5.74, 6) is 0.997. The summed E-state index contributed by atoms with van der Waals surface area (Å²) in [6.45, 7) is 7.18.